The number of oxazole rings is 1. The smallest absolute Gasteiger partial charge is 0.408 e. The van der Waals surface area contributed by atoms with E-state index < -0.39 is 5.76 Å². The van der Waals surface area contributed by atoms with Crippen molar-refractivity contribution in [3.05, 3.63) is 34.8 Å². The van der Waals surface area contributed by atoms with Gasteiger partial charge in [-0.1, -0.05) is 12.1 Å². The monoisotopic (exact) mass is 304 g/mol. The second-order valence-electron chi connectivity index (χ2n) is 5.70. The van der Waals surface area contributed by atoms with Crippen LogP contribution >= 0.6 is 0 Å². The number of benzene rings is 1. The van der Waals surface area contributed by atoms with Crippen molar-refractivity contribution in [3.63, 3.8) is 0 Å². The lowest BCUT2D eigenvalue weighted by Crippen LogP contribution is -2.41. The third-order valence-corrected chi connectivity index (χ3v) is 4.24. The second-order valence-corrected chi connectivity index (χ2v) is 5.70. The van der Waals surface area contributed by atoms with E-state index in [1.165, 1.54) is 4.57 Å². The van der Waals surface area contributed by atoms with Gasteiger partial charge in [0.05, 0.1) is 5.52 Å². The first kappa shape index (κ1) is 14.8. The average Bonchev–Trinajstić information content (AvgIpc) is 2.84. The Balaban J connectivity index is 1.69. The Morgan fingerprint density at radius 2 is 2.05 bits per heavy atom. The summed E-state index contributed by atoms with van der Waals surface area (Å²) in [6.07, 6.45) is 1.89. The van der Waals surface area contributed by atoms with Gasteiger partial charge in [-0.05, 0) is 30.9 Å². The molecule has 118 valence electrons. The molecule has 0 bridgehead atoms. The Morgan fingerprint density at radius 3 is 2.77 bits per heavy atom. The van der Waals surface area contributed by atoms with Gasteiger partial charge < -0.3 is 14.1 Å². The molecule has 0 radical (unpaired) electrons. The number of aromatic nitrogens is 1. The van der Waals surface area contributed by atoms with E-state index in [2.05, 4.69) is 0 Å². The van der Waals surface area contributed by atoms with E-state index in [4.69, 9.17) is 9.15 Å². The number of carbonyl (C=O) groups excluding carboxylic acids is 1. The lowest BCUT2D eigenvalue weighted by Gasteiger charge is -2.31. The maximum absolute atomic E-state index is 12.4. The lowest BCUT2D eigenvalue weighted by molar-refractivity contribution is -0.133. The standard InChI is InChI=1S/C16H20N2O4/c1-21-11-12-6-8-17(9-7-12)15(19)10-18-13-4-2-3-5-14(13)22-16(18)20/h2-5,12H,6-11H2,1H3. The highest BCUT2D eigenvalue weighted by Gasteiger charge is 2.23. The molecule has 6 nitrogen and oxygen atoms in total. The molecule has 3 rings (SSSR count). The summed E-state index contributed by atoms with van der Waals surface area (Å²) >= 11 is 0. The van der Waals surface area contributed by atoms with Crippen molar-refractivity contribution in [3.8, 4) is 0 Å². The van der Waals surface area contributed by atoms with Crippen molar-refractivity contribution in [1.29, 1.82) is 0 Å². The summed E-state index contributed by atoms with van der Waals surface area (Å²) in [4.78, 5) is 26.1. The van der Waals surface area contributed by atoms with Crippen molar-refractivity contribution >= 4 is 17.0 Å². The van der Waals surface area contributed by atoms with Crippen LogP contribution in [0.2, 0.25) is 0 Å². The van der Waals surface area contributed by atoms with Gasteiger partial charge in [-0.2, -0.15) is 0 Å². The summed E-state index contributed by atoms with van der Waals surface area (Å²) in [5.41, 5.74) is 1.18. The van der Waals surface area contributed by atoms with Gasteiger partial charge in [-0.25, -0.2) is 4.79 Å². The molecule has 0 atom stereocenters. The van der Waals surface area contributed by atoms with Gasteiger partial charge in [0.2, 0.25) is 5.91 Å². The molecule has 1 aliphatic rings. The summed E-state index contributed by atoms with van der Waals surface area (Å²) in [5.74, 6) is -0.000123. The molecular weight excluding hydrogens is 284 g/mol. The lowest BCUT2D eigenvalue weighted by atomic mass is 9.98. The topological polar surface area (TPSA) is 64.7 Å². The van der Waals surface area contributed by atoms with Crippen LogP contribution in [0.25, 0.3) is 11.1 Å². The first-order valence-corrected chi connectivity index (χ1v) is 7.54. The van der Waals surface area contributed by atoms with E-state index in [0.29, 0.717) is 17.0 Å². The Kier molecular flexibility index (Phi) is 4.29. The summed E-state index contributed by atoms with van der Waals surface area (Å²) in [7, 11) is 1.70. The molecule has 1 aromatic carbocycles. The second kappa shape index (κ2) is 6.36. The van der Waals surface area contributed by atoms with Gasteiger partial charge in [0.1, 0.15) is 6.54 Å². The minimum atomic E-state index is -0.483. The first-order chi connectivity index (χ1) is 10.7. The molecule has 1 amide bonds. The van der Waals surface area contributed by atoms with Crippen molar-refractivity contribution < 1.29 is 13.9 Å². The predicted octanol–water partition coefficient (Wildman–Crippen LogP) is 1.48. The Hall–Kier alpha value is -2.08. The van der Waals surface area contributed by atoms with E-state index in [-0.39, 0.29) is 12.5 Å². The molecule has 1 saturated heterocycles. The number of piperidine rings is 1. The number of fused-ring (bicyclic) bond motifs is 1. The maximum Gasteiger partial charge on any atom is 0.420 e. The minimum absolute atomic E-state index is 0.0325. The number of hydrogen-bond acceptors (Lipinski definition) is 4. The van der Waals surface area contributed by atoms with Crippen LogP contribution in [0.5, 0.6) is 0 Å². The van der Waals surface area contributed by atoms with Gasteiger partial charge in [0.15, 0.2) is 5.58 Å². The van der Waals surface area contributed by atoms with Gasteiger partial charge in [-0.15, -0.1) is 0 Å². The summed E-state index contributed by atoms with van der Waals surface area (Å²) < 4.78 is 11.7. The number of hydrogen-bond donors (Lipinski definition) is 0. The third kappa shape index (κ3) is 2.92. The summed E-state index contributed by atoms with van der Waals surface area (Å²) in [6, 6.07) is 7.15. The van der Waals surface area contributed by atoms with Crippen LogP contribution in [-0.4, -0.2) is 42.2 Å². The molecule has 0 spiro atoms. The Labute approximate surface area is 128 Å². The maximum atomic E-state index is 12.4. The fourth-order valence-corrected chi connectivity index (χ4v) is 2.98. The van der Waals surface area contributed by atoms with E-state index in [0.717, 1.165) is 32.5 Å². The molecule has 2 heterocycles. The zero-order valence-corrected chi connectivity index (χ0v) is 12.7. The predicted molar refractivity (Wildman–Crippen MR) is 81.7 cm³/mol. The Morgan fingerprint density at radius 1 is 1.32 bits per heavy atom. The molecule has 1 aliphatic heterocycles. The van der Waals surface area contributed by atoms with Crippen molar-refractivity contribution in [2.75, 3.05) is 26.8 Å². The first-order valence-electron chi connectivity index (χ1n) is 7.54. The van der Waals surface area contributed by atoms with Gasteiger partial charge in [0.25, 0.3) is 0 Å². The van der Waals surface area contributed by atoms with Crippen molar-refractivity contribution in [2.45, 2.75) is 19.4 Å². The summed E-state index contributed by atoms with van der Waals surface area (Å²) in [6.45, 7) is 2.22. The third-order valence-electron chi connectivity index (χ3n) is 4.24. The highest BCUT2D eigenvalue weighted by Crippen LogP contribution is 2.18. The number of methoxy groups -OCH3 is 1. The Bertz CT molecular complexity index is 710. The molecule has 1 aromatic heterocycles. The fourth-order valence-electron chi connectivity index (χ4n) is 2.98. The van der Waals surface area contributed by atoms with Gasteiger partial charge in [0, 0.05) is 26.8 Å². The average molecular weight is 304 g/mol. The zero-order valence-electron chi connectivity index (χ0n) is 12.7. The van der Waals surface area contributed by atoms with E-state index >= 15 is 0 Å². The molecule has 0 saturated carbocycles. The molecule has 0 N–H and O–H groups in total. The minimum Gasteiger partial charge on any atom is -0.408 e. The number of rotatable bonds is 4. The van der Waals surface area contributed by atoms with Gasteiger partial charge >= 0.3 is 5.76 Å². The van der Waals surface area contributed by atoms with Crippen LogP contribution in [0, 0.1) is 5.92 Å². The highest BCUT2D eigenvalue weighted by atomic mass is 16.5. The van der Waals surface area contributed by atoms with Crippen LogP contribution in [0.3, 0.4) is 0 Å². The van der Waals surface area contributed by atoms with Crippen LogP contribution < -0.4 is 5.76 Å². The van der Waals surface area contributed by atoms with Crippen LogP contribution in [-0.2, 0) is 16.1 Å². The molecule has 0 unspecified atom stereocenters. The molecular formula is C16H20N2O4. The van der Waals surface area contributed by atoms with Crippen molar-refractivity contribution in [2.24, 2.45) is 5.92 Å². The molecule has 6 heteroatoms. The molecule has 2 aromatic rings. The SMILES string of the molecule is COCC1CCN(C(=O)Cn2c(=O)oc3ccccc32)CC1. The number of likely N-dealkylation sites (tertiary alicyclic amines) is 1. The normalized spacial score (nSPS) is 16.3. The molecule has 22 heavy (non-hydrogen) atoms. The fraction of sp³-hybridized carbons (Fsp3) is 0.500. The quantitative estimate of drug-likeness (QED) is 0.858. The number of amides is 1. The van der Waals surface area contributed by atoms with E-state index in [9.17, 15) is 9.59 Å². The van der Waals surface area contributed by atoms with Crippen LogP contribution in [0.15, 0.2) is 33.5 Å². The summed E-state index contributed by atoms with van der Waals surface area (Å²) in [5, 5.41) is 0. The highest BCUT2D eigenvalue weighted by molar-refractivity contribution is 5.79. The van der Waals surface area contributed by atoms with Crippen molar-refractivity contribution in [1.82, 2.24) is 9.47 Å². The number of carbonyl (C=O) groups is 1. The number of ether oxygens (including phenoxy) is 1. The van der Waals surface area contributed by atoms with Crippen LogP contribution in [0.4, 0.5) is 0 Å². The molecule has 0 aliphatic carbocycles. The van der Waals surface area contributed by atoms with E-state index in [1.807, 2.05) is 11.0 Å². The number of nitrogens with zero attached hydrogens (tertiary/aromatic N) is 2. The van der Waals surface area contributed by atoms with Gasteiger partial charge in [-0.3, -0.25) is 9.36 Å². The van der Waals surface area contributed by atoms with Crippen LogP contribution in [0.1, 0.15) is 12.8 Å². The largest absolute Gasteiger partial charge is 0.420 e. The number of para-hydroxylation sites is 2. The van der Waals surface area contributed by atoms with E-state index in [1.54, 1.807) is 25.3 Å². The zero-order chi connectivity index (χ0) is 15.5. The molecule has 1 fully saturated rings.